The highest BCUT2D eigenvalue weighted by Gasteiger charge is 2.29. The van der Waals surface area contributed by atoms with E-state index >= 15 is 0 Å². The number of nitrogens with zero attached hydrogens (tertiary/aromatic N) is 6. The van der Waals surface area contributed by atoms with Crippen LogP contribution in [0.3, 0.4) is 0 Å². The summed E-state index contributed by atoms with van der Waals surface area (Å²) in [6.07, 6.45) is -0.444. The Morgan fingerprint density at radius 3 is 2.53 bits per heavy atom. The van der Waals surface area contributed by atoms with Crippen LogP contribution in [0.25, 0.3) is 16.6 Å². The van der Waals surface area contributed by atoms with Crippen LogP contribution in [0.4, 0.5) is 0 Å². The molecular weight excluding hydrogens is 452 g/mol. The first-order chi connectivity index (χ1) is 16.8. The van der Waals surface area contributed by atoms with Gasteiger partial charge in [-0.2, -0.15) is 4.68 Å². The second-order valence-electron chi connectivity index (χ2n) is 7.56. The summed E-state index contributed by atoms with van der Waals surface area (Å²) in [6.45, 7) is 0.308. The van der Waals surface area contributed by atoms with Crippen LogP contribution in [0, 0.1) is 0 Å². The Hall–Kier alpha value is -4.18. The summed E-state index contributed by atoms with van der Waals surface area (Å²) in [5.41, 5.74) is 1.24. The Labute approximate surface area is 198 Å². The molecule has 10 heteroatoms. The maximum atomic E-state index is 12.8. The Kier molecular flexibility index (Phi) is 5.19. The largest absolute Gasteiger partial charge is 0.485 e. The molecule has 0 fully saturated rings. The van der Waals surface area contributed by atoms with Crippen LogP contribution < -0.4 is 15.0 Å². The molecule has 0 amide bonds. The van der Waals surface area contributed by atoms with Gasteiger partial charge >= 0.3 is 0 Å². The fourth-order valence-electron chi connectivity index (χ4n) is 3.78. The van der Waals surface area contributed by atoms with Gasteiger partial charge in [-0.3, -0.25) is 9.36 Å². The maximum Gasteiger partial charge on any atom is 0.278 e. The first-order valence-corrected chi connectivity index (χ1v) is 11.6. The first kappa shape index (κ1) is 20.4. The van der Waals surface area contributed by atoms with Gasteiger partial charge in [0.2, 0.25) is 0 Å². The van der Waals surface area contributed by atoms with Gasteiger partial charge in [-0.25, -0.2) is 0 Å². The molecule has 3 heterocycles. The van der Waals surface area contributed by atoms with Crippen molar-refractivity contribution in [2.75, 3.05) is 6.61 Å². The quantitative estimate of drug-likeness (QED) is 0.359. The molecule has 2 aromatic heterocycles. The van der Waals surface area contributed by atoms with Crippen molar-refractivity contribution in [1.82, 2.24) is 29.8 Å². The van der Waals surface area contributed by atoms with E-state index in [-0.39, 0.29) is 11.4 Å². The zero-order valence-corrected chi connectivity index (χ0v) is 18.6. The second-order valence-corrected chi connectivity index (χ2v) is 8.47. The van der Waals surface area contributed by atoms with Crippen molar-refractivity contribution >= 4 is 22.7 Å². The normalized spacial score (nSPS) is 14.9. The summed E-state index contributed by atoms with van der Waals surface area (Å²) >= 11 is 1.34. The molecule has 3 aromatic carbocycles. The van der Waals surface area contributed by atoms with Crippen molar-refractivity contribution < 1.29 is 9.47 Å². The summed E-state index contributed by atoms with van der Waals surface area (Å²) in [5, 5.41) is 18.2. The average Bonchev–Trinajstić information content (AvgIpc) is 3.33. The highest BCUT2D eigenvalue weighted by molar-refractivity contribution is 7.98. The van der Waals surface area contributed by atoms with E-state index in [9.17, 15) is 4.79 Å². The molecule has 6 rings (SSSR count). The van der Waals surface area contributed by atoms with Crippen LogP contribution in [0.5, 0.6) is 11.5 Å². The van der Waals surface area contributed by atoms with Crippen LogP contribution in [-0.2, 0) is 5.88 Å². The summed E-state index contributed by atoms with van der Waals surface area (Å²) in [7, 11) is 0. The zero-order valence-electron chi connectivity index (χ0n) is 17.8. The Morgan fingerprint density at radius 1 is 0.882 bits per heavy atom. The lowest BCUT2D eigenvalue weighted by molar-refractivity contribution is 0.0835. The SMILES string of the molecule is O=c1c2ccccc2nnn1CSc1nnc([C@H]2COc3ccccc3O2)n1-c1ccccc1. The van der Waals surface area contributed by atoms with Gasteiger partial charge in [-0.1, -0.05) is 59.4 Å². The van der Waals surface area contributed by atoms with Gasteiger partial charge in [0.25, 0.3) is 5.56 Å². The highest BCUT2D eigenvalue weighted by atomic mass is 32.2. The van der Waals surface area contributed by atoms with Gasteiger partial charge in [-0.15, -0.1) is 15.3 Å². The molecule has 0 bridgehead atoms. The molecule has 1 atom stereocenters. The van der Waals surface area contributed by atoms with E-state index < -0.39 is 6.10 Å². The molecule has 0 spiro atoms. The standard InChI is InChI=1S/C24H18N6O3S/c31-23-17-10-4-5-11-18(17)25-28-29(23)15-34-24-27-26-22(30(24)16-8-2-1-3-9-16)21-14-32-19-12-6-7-13-20(19)33-21/h1-13,21H,14-15H2/t21-/m1/s1. The van der Waals surface area contributed by atoms with Crippen LogP contribution in [-0.4, -0.2) is 36.4 Å². The molecule has 0 N–H and O–H groups in total. The monoisotopic (exact) mass is 470 g/mol. The van der Waals surface area contributed by atoms with Gasteiger partial charge in [0.1, 0.15) is 12.1 Å². The summed E-state index contributed by atoms with van der Waals surface area (Å²) in [4.78, 5) is 12.8. The van der Waals surface area contributed by atoms with Crippen LogP contribution >= 0.6 is 11.8 Å². The molecule has 0 saturated carbocycles. The van der Waals surface area contributed by atoms with Crippen molar-refractivity contribution in [2.45, 2.75) is 17.1 Å². The van der Waals surface area contributed by atoms with Gasteiger partial charge in [0.05, 0.1) is 11.3 Å². The third kappa shape index (κ3) is 3.67. The molecule has 0 unspecified atom stereocenters. The molecular formula is C24H18N6O3S. The number of ether oxygens (including phenoxy) is 2. The zero-order chi connectivity index (χ0) is 22.9. The molecule has 0 saturated heterocycles. The number of thioether (sulfide) groups is 1. The predicted octanol–water partition coefficient (Wildman–Crippen LogP) is 3.63. The Balaban J connectivity index is 1.34. The van der Waals surface area contributed by atoms with E-state index in [1.165, 1.54) is 16.4 Å². The molecule has 0 radical (unpaired) electrons. The molecule has 168 valence electrons. The smallest absolute Gasteiger partial charge is 0.278 e. The molecule has 0 aliphatic carbocycles. The van der Waals surface area contributed by atoms with Crippen molar-refractivity contribution in [3.63, 3.8) is 0 Å². The molecule has 9 nitrogen and oxygen atoms in total. The maximum absolute atomic E-state index is 12.8. The number of hydrogen-bond acceptors (Lipinski definition) is 8. The minimum Gasteiger partial charge on any atom is -0.485 e. The second kappa shape index (κ2) is 8.64. The number of fused-ring (bicyclic) bond motifs is 2. The van der Waals surface area contributed by atoms with E-state index in [2.05, 4.69) is 20.5 Å². The van der Waals surface area contributed by atoms with Gasteiger partial charge in [0.15, 0.2) is 28.6 Å². The Morgan fingerprint density at radius 2 is 1.65 bits per heavy atom. The summed E-state index contributed by atoms with van der Waals surface area (Å²) < 4.78 is 15.3. The molecule has 1 aliphatic heterocycles. The molecule has 1 aliphatic rings. The topological polar surface area (TPSA) is 97.0 Å². The number of hydrogen-bond donors (Lipinski definition) is 0. The van der Waals surface area contributed by atoms with Crippen LogP contribution in [0.15, 0.2) is 88.8 Å². The average molecular weight is 471 g/mol. The third-order valence-corrected chi connectivity index (χ3v) is 6.31. The van der Waals surface area contributed by atoms with Crippen molar-refractivity contribution in [1.29, 1.82) is 0 Å². The van der Waals surface area contributed by atoms with Gasteiger partial charge < -0.3 is 9.47 Å². The Bertz CT molecular complexity index is 1540. The van der Waals surface area contributed by atoms with E-state index in [0.29, 0.717) is 40.0 Å². The van der Waals surface area contributed by atoms with E-state index in [0.717, 1.165) is 5.69 Å². The van der Waals surface area contributed by atoms with Gasteiger partial charge in [-0.05, 0) is 36.4 Å². The lowest BCUT2D eigenvalue weighted by Gasteiger charge is -2.26. The number of rotatable bonds is 5. The lowest BCUT2D eigenvalue weighted by Crippen LogP contribution is -2.25. The fourth-order valence-corrected chi connectivity index (χ4v) is 4.61. The fraction of sp³-hybridized carbons (Fsp3) is 0.125. The van der Waals surface area contributed by atoms with E-state index in [1.807, 2.05) is 71.3 Å². The number of para-hydroxylation sites is 3. The van der Waals surface area contributed by atoms with E-state index in [4.69, 9.17) is 9.47 Å². The highest BCUT2D eigenvalue weighted by Crippen LogP contribution is 2.37. The lowest BCUT2D eigenvalue weighted by atomic mass is 10.2. The summed E-state index contributed by atoms with van der Waals surface area (Å²) in [6, 6.07) is 24.5. The van der Waals surface area contributed by atoms with Crippen molar-refractivity contribution in [3.05, 3.63) is 95.0 Å². The van der Waals surface area contributed by atoms with Crippen LogP contribution in [0.1, 0.15) is 11.9 Å². The molecule has 5 aromatic rings. The number of aromatic nitrogens is 6. The predicted molar refractivity (Wildman–Crippen MR) is 126 cm³/mol. The molecule has 34 heavy (non-hydrogen) atoms. The number of benzene rings is 3. The first-order valence-electron chi connectivity index (χ1n) is 10.6. The van der Waals surface area contributed by atoms with Gasteiger partial charge in [0, 0.05) is 5.69 Å². The minimum atomic E-state index is -0.444. The van der Waals surface area contributed by atoms with Crippen molar-refractivity contribution in [2.24, 2.45) is 0 Å². The van der Waals surface area contributed by atoms with Crippen LogP contribution in [0.2, 0.25) is 0 Å². The summed E-state index contributed by atoms with van der Waals surface area (Å²) in [5.74, 6) is 2.20. The van der Waals surface area contributed by atoms with Crippen molar-refractivity contribution in [3.8, 4) is 17.2 Å². The van der Waals surface area contributed by atoms with E-state index in [1.54, 1.807) is 12.1 Å². The third-order valence-electron chi connectivity index (χ3n) is 5.41. The minimum absolute atomic E-state index is 0.204.